The number of aryl methyl sites for hydroxylation is 1. The first-order chi connectivity index (χ1) is 13.8. The molecule has 1 aliphatic carbocycles. The van der Waals surface area contributed by atoms with Crippen molar-refractivity contribution < 1.29 is 39.3 Å². The Balaban J connectivity index is 0.000000343. The molecule has 170 valence electrons. The Morgan fingerprint density at radius 3 is 1.97 bits per heavy atom. The number of thiophene rings is 1. The summed E-state index contributed by atoms with van der Waals surface area (Å²) in [6, 6.07) is 7.47. The van der Waals surface area contributed by atoms with Gasteiger partial charge in [0, 0.05) is 23.4 Å². The van der Waals surface area contributed by atoms with Crippen LogP contribution in [0.5, 0.6) is 0 Å². The minimum absolute atomic E-state index is 0.116. The van der Waals surface area contributed by atoms with Gasteiger partial charge in [0.05, 0.1) is 10.5 Å². The molecule has 0 aliphatic heterocycles. The number of halogens is 6. The average Bonchev–Trinajstić information content (AvgIpc) is 2.80. The third-order valence-electron chi connectivity index (χ3n) is 5.01. The van der Waals surface area contributed by atoms with Crippen molar-refractivity contribution in [2.24, 2.45) is 0 Å². The highest BCUT2D eigenvalue weighted by Gasteiger charge is 2.49. The van der Waals surface area contributed by atoms with Gasteiger partial charge in [-0.1, -0.05) is 38.7 Å². The van der Waals surface area contributed by atoms with Crippen LogP contribution in [0, 0.1) is 0 Å². The van der Waals surface area contributed by atoms with E-state index in [1.165, 1.54) is 0 Å². The van der Waals surface area contributed by atoms with E-state index < -0.39 is 31.6 Å². The van der Waals surface area contributed by atoms with Gasteiger partial charge in [-0.3, -0.25) is 0 Å². The van der Waals surface area contributed by atoms with Crippen molar-refractivity contribution in [3.05, 3.63) is 34.7 Å². The summed E-state index contributed by atoms with van der Waals surface area (Å²) < 4.78 is 101. The van der Waals surface area contributed by atoms with Gasteiger partial charge >= 0.3 is 11.0 Å². The summed E-state index contributed by atoms with van der Waals surface area (Å²) in [5.74, 6) is 0.116. The van der Waals surface area contributed by atoms with Gasteiger partial charge in [0.15, 0.2) is 19.7 Å². The summed E-state index contributed by atoms with van der Waals surface area (Å²) >= 11 is 0. The predicted molar refractivity (Wildman–Crippen MR) is 103 cm³/mol. The van der Waals surface area contributed by atoms with E-state index in [-0.39, 0.29) is 5.92 Å². The van der Waals surface area contributed by atoms with Crippen molar-refractivity contribution in [1.29, 1.82) is 0 Å². The lowest BCUT2D eigenvalue weighted by atomic mass is 9.98. The van der Waals surface area contributed by atoms with E-state index in [1.54, 1.807) is 6.07 Å². The van der Waals surface area contributed by atoms with E-state index in [0.717, 1.165) is 55.9 Å². The van der Waals surface area contributed by atoms with Gasteiger partial charge in [-0.25, -0.2) is 8.42 Å². The van der Waals surface area contributed by atoms with Crippen LogP contribution in [0.1, 0.15) is 61.8 Å². The molecule has 0 saturated heterocycles. The smallest absolute Gasteiger partial charge is 0.600 e. The van der Waals surface area contributed by atoms with Crippen molar-refractivity contribution >= 4 is 30.7 Å². The SMILES string of the molecule is CCc1ccc2cc(C3CCCCCC3)[s+](C(F)(F)F)c2c1.O=S(=O)([O-])C(F)(F)F. The van der Waals surface area contributed by atoms with Gasteiger partial charge in [0.25, 0.3) is 0 Å². The maximum absolute atomic E-state index is 13.8. The van der Waals surface area contributed by atoms with Crippen LogP contribution in [-0.4, -0.2) is 18.5 Å². The summed E-state index contributed by atoms with van der Waals surface area (Å²) in [5, 5.41) is 0.789. The number of hydrogen-bond donors (Lipinski definition) is 0. The molecule has 0 amide bonds. The third-order valence-corrected chi connectivity index (χ3v) is 7.76. The third kappa shape index (κ3) is 6.10. The molecule has 11 heteroatoms. The van der Waals surface area contributed by atoms with Crippen LogP contribution >= 0.6 is 10.5 Å². The Hall–Kier alpha value is -1.33. The molecular weight excluding hydrogens is 454 g/mol. The highest BCUT2D eigenvalue weighted by atomic mass is 32.2. The zero-order valence-electron chi connectivity index (χ0n) is 16.1. The zero-order chi connectivity index (χ0) is 22.7. The maximum Gasteiger partial charge on any atom is 0.600 e. The second-order valence-electron chi connectivity index (χ2n) is 7.11. The maximum atomic E-state index is 13.8. The zero-order valence-corrected chi connectivity index (χ0v) is 17.8. The number of hydrogen-bond acceptors (Lipinski definition) is 3. The van der Waals surface area contributed by atoms with Crippen LogP contribution in [0.3, 0.4) is 0 Å². The number of fused-ring (bicyclic) bond motifs is 1. The molecule has 1 aromatic heterocycles. The Bertz CT molecular complexity index is 953. The molecule has 0 N–H and O–H groups in total. The van der Waals surface area contributed by atoms with Crippen molar-refractivity contribution in [2.75, 3.05) is 0 Å². The van der Waals surface area contributed by atoms with Crippen LogP contribution in [0.4, 0.5) is 26.3 Å². The highest BCUT2D eigenvalue weighted by Crippen LogP contribution is 2.54. The van der Waals surface area contributed by atoms with Crippen LogP contribution in [-0.2, 0) is 22.0 Å². The van der Waals surface area contributed by atoms with Gasteiger partial charge in [0.1, 0.15) is 0 Å². The molecule has 1 unspecified atom stereocenters. The van der Waals surface area contributed by atoms with E-state index in [1.807, 2.05) is 25.1 Å². The molecule has 1 saturated carbocycles. The fourth-order valence-corrected chi connectivity index (χ4v) is 5.76. The van der Waals surface area contributed by atoms with Gasteiger partial charge in [-0.15, -0.1) is 13.2 Å². The molecule has 1 fully saturated rings. The number of alkyl halides is 6. The van der Waals surface area contributed by atoms with Crippen LogP contribution < -0.4 is 0 Å². The van der Waals surface area contributed by atoms with Crippen molar-refractivity contribution in [3.8, 4) is 0 Å². The first-order valence-corrected chi connectivity index (χ1v) is 12.1. The van der Waals surface area contributed by atoms with Crippen LogP contribution in [0.15, 0.2) is 24.3 Å². The summed E-state index contributed by atoms with van der Waals surface area (Å²) in [4.78, 5) is 0.651. The van der Waals surface area contributed by atoms with Crippen molar-refractivity contribution in [2.45, 2.75) is 68.8 Å². The quantitative estimate of drug-likeness (QED) is 0.152. The topological polar surface area (TPSA) is 57.2 Å². The van der Waals surface area contributed by atoms with Gasteiger partial charge in [0.2, 0.25) is 0 Å². The van der Waals surface area contributed by atoms with Gasteiger partial charge < -0.3 is 4.55 Å². The normalized spacial score (nSPS) is 17.4. The van der Waals surface area contributed by atoms with Gasteiger partial charge in [-0.2, -0.15) is 13.2 Å². The second kappa shape index (κ2) is 9.44. The Morgan fingerprint density at radius 2 is 1.53 bits per heavy atom. The Labute approximate surface area is 173 Å². The van der Waals surface area contributed by atoms with Crippen LogP contribution in [0.25, 0.3) is 10.1 Å². The van der Waals surface area contributed by atoms with E-state index >= 15 is 0 Å². The van der Waals surface area contributed by atoms with E-state index in [0.29, 0.717) is 9.58 Å². The molecule has 3 nitrogen and oxygen atoms in total. The molecule has 30 heavy (non-hydrogen) atoms. The average molecular weight is 477 g/mol. The van der Waals surface area contributed by atoms with Gasteiger partial charge in [-0.05, 0) is 30.9 Å². The largest absolute Gasteiger partial charge is 0.741 e. The standard InChI is InChI=1S/C18H22F3S.CHF3O3S/c1-2-13-9-10-15-12-17(14-7-5-3-4-6-8-14)22(16(15)11-13)18(19,20)21;2-1(3,4)8(5,6)7/h9-12,14H,2-8H2,1H3;(H,5,6,7)/q+1;/p-1. The lowest BCUT2D eigenvalue weighted by molar-refractivity contribution is -0.0868. The lowest BCUT2D eigenvalue weighted by Gasteiger charge is -2.10. The molecule has 1 aliphatic rings. The summed E-state index contributed by atoms with van der Waals surface area (Å²) in [5.41, 5.74) is -8.81. The number of rotatable bonds is 2. The first-order valence-electron chi connectivity index (χ1n) is 9.43. The molecular formula is C19H22F6O3S2. The Kier molecular flexibility index (Phi) is 7.84. The summed E-state index contributed by atoms with van der Waals surface area (Å²) in [6.45, 7) is 1.99. The Morgan fingerprint density at radius 1 is 1.00 bits per heavy atom. The summed E-state index contributed by atoms with van der Waals surface area (Å²) in [6.07, 6.45) is 7.06. The lowest BCUT2D eigenvalue weighted by Crippen LogP contribution is -2.21. The van der Waals surface area contributed by atoms with Crippen molar-refractivity contribution in [1.82, 2.24) is 0 Å². The fourth-order valence-electron chi connectivity index (χ4n) is 3.54. The minimum Gasteiger partial charge on any atom is -0.741 e. The molecule has 0 bridgehead atoms. The minimum atomic E-state index is -6.09. The predicted octanol–water partition coefficient (Wildman–Crippen LogP) is 7.12. The molecule has 1 aromatic carbocycles. The first kappa shape index (κ1) is 24.9. The second-order valence-corrected chi connectivity index (χ2v) is 10.5. The molecule has 3 rings (SSSR count). The monoisotopic (exact) mass is 476 g/mol. The molecule has 2 aromatic rings. The van der Waals surface area contributed by atoms with Crippen molar-refractivity contribution in [3.63, 3.8) is 0 Å². The van der Waals surface area contributed by atoms with E-state index in [4.69, 9.17) is 13.0 Å². The molecule has 0 radical (unpaired) electrons. The molecule has 1 heterocycles. The summed E-state index contributed by atoms with van der Waals surface area (Å²) in [7, 11) is -7.80. The van der Waals surface area contributed by atoms with E-state index in [2.05, 4.69) is 0 Å². The highest BCUT2D eigenvalue weighted by molar-refractivity contribution is 7.86. The fraction of sp³-hybridized carbons (Fsp3) is 0.579. The number of benzene rings is 1. The molecule has 0 spiro atoms. The molecule has 1 atom stereocenters. The van der Waals surface area contributed by atoms with Crippen LogP contribution in [0.2, 0.25) is 0 Å². The van der Waals surface area contributed by atoms with E-state index in [9.17, 15) is 26.3 Å².